The maximum absolute atomic E-state index is 5.21. The van der Waals surface area contributed by atoms with E-state index in [-0.39, 0.29) is 6.29 Å². The fraction of sp³-hybridized carbons (Fsp3) is 0.667. The summed E-state index contributed by atoms with van der Waals surface area (Å²) in [4.78, 5) is 0. The highest BCUT2D eigenvalue weighted by Crippen LogP contribution is 2.10. The molecule has 1 N–H and O–H groups in total. The van der Waals surface area contributed by atoms with E-state index < -0.39 is 0 Å². The highest BCUT2D eigenvalue weighted by atomic mass is 16.7. The van der Waals surface area contributed by atoms with E-state index in [4.69, 9.17) is 9.47 Å². The van der Waals surface area contributed by atoms with Crippen LogP contribution in [0.15, 0.2) is 0 Å². The Labute approximate surface area is 64.7 Å². The maximum Gasteiger partial charge on any atom is 0.258 e. The normalized spacial score (nSPS) is 13.0. The molecule has 0 fully saturated rings. The van der Waals surface area contributed by atoms with E-state index in [2.05, 4.69) is 15.4 Å². The third-order valence-corrected chi connectivity index (χ3v) is 1.29. The Kier molecular flexibility index (Phi) is 2.43. The lowest BCUT2D eigenvalue weighted by Gasteiger charge is -2.09. The molecule has 1 aromatic rings. The third kappa shape index (κ3) is 1.91. The fourth-order valence-corrected chi connectivity index (χ4v) is 0.591. The van der Waals surface area contributed by atoms with E-state index >= 15 is 0 Å². The number of hydrogen-bond acceptors (Lipinski definition) is 4. The summed E-state index contributed by atoms with van der Waals surface area (Å²) in [6.45, 7) is 3.59. The standard InChI is InChI=1S/C6H11N3O2/c1-4-6(8-9-7-4)11-5(2)10-3/h5H,1-3H3,(H,7,8,9). The molecule has 0 radical (unpaired) electrons. The molecule has 5 nitrogen and oxygen atoms in total. The molecule has 0 bridgehead atoms. The highest BCUT2D eigenvalue weighted by Gasteiger charge is 2.07. The first kappa shape index (κ1) is 8.00. The SMILES string of the molecule is COC(C)Oc1n[nH]nc1C. The molecule has 1 atom stereocenters. The lowest BCUT2D eigenvalue weighted by Crippen LogP contribution is -2.14. The van der Waals surface area contributed by atoms with Crippen LogP contribution in [0.25, 0.3) is 0 Å². The molecular formula is C6H11N3O2. The zero-order valence-corrected chi connectivity index (χ0v) is 6.79. The van der Waals surface area contributed by atoms with Gasteiger partial charge in [0.05, 0.1) is 0 Å². The zero-order chi connectivity index (χ0) is 8.27. The minimum Gasteiger partial charge on any atom is -0.446 e. The van der Waals surface area contributed by atoms with Gasteiger partial charge in [0, 0.05) is 7.11 Å². The first-order valence-corrected chi connectivity index (χ1v) is 3.31. The van der Waals surface area contributed by atoms with Crippen molar-refractivity contribution in [3.63, 3.8) is 0 Å². The predicted molar refractivity (Wildman–Crippen MR) is 38.2 cm³/mol. The van der Waals surface area contributed by atoms with E-state index in [0.29, 0.717) is 5.88 Å². The second-order valence-corrected chi connectivity index (χ2v) is 2.14. The molecular weight excluding hydrogens is 146 g/mol. The van der Waals surface area contributed by atoms with Crippen LogP contribution in [-0.2, 0) is 4.74 Å². The van der Waals surface area contributed by atoms with Crippen molar-refractivity contribution in [2.45, 2.75) is 20.1 Å². The summed E-state index contributed by atoms with van der Waals surface area (Å²) in [6, 6.07) is 0. The second-order valence-electron chi connectivity index (χ2n) is 2.14. The largest absolute Gasteiger partial charge is 0.446 e. The summed E-state index contributed by atoms with van der Waals surface area (Å²) in [5.74, 6) is 0.486. The molecule has 0 saturated carbocycles. The molecule has 0 amide bonds. The van der Waals surface area contributed by atoms with Gasteiger partial charge < -0.3 is 9.47 Å². The van der Waals surface area contributed by atoms with Crippen molar-refractivity contribution >= 4 is 0 Å². The number of H-pyrrole nitrogens is 1. The van der Waals surface area contributed by atoms with E-state index in [1.165, 1.54) is 0 Å². The molecule has 0 aliphatic carbocycles. The van der Waals surface area contributed by atoms with Crippen LogP contribution in [0.5, 0.6) is 5.88 Å². The van der Waals surface area contributed by atoms with Gasteiger partial charge in [-0.1, -0.05) is 0 Å². The average Bonchev–Trinajstić information content (AvgIpc) is 2.37. The minimum absolute atomic E-state index is 0.293. The summed E-state index contributed by atoms with van der Waals surface area (Å²) in [7, 11) is 1.57. The van der Waals surface area contributed by atoms with Crippen LogP contribution in [0.3, 0.4) is 0 Å². The smallest absolute Gasteiger partial charge is 0.258 e. The van der Waals surface area contributed by atoms with Crippen molar-refractivity contribution in [1.29, 1.82) is 0 Å². The summed E-state index contributed by atoms with van der Waals surface area (Å²) in [5.41, 5.74) is 0.730. The number of hydrogen-bond donors (Lipinski definition) is 1. The number of ether oxygens (including phenoxy) is 2. The zero-order valence-electron chi connectivity index (χ0n) is 6.79. The first-order valence-electron chi connectivity index (χ1n) is 3.31. The Hall–Kier alpha value is -1.10. The number of rotatable bonds is 3. The number of aromatic nitrogens is 3. The lowest BCUT2D eigenvalue weighted by molar-refractivity contribution is -0.0414. The molecule has 0 spiro atoms. The maximum atomic E-state index is 5.21. The van der Waals surface area contributed by atoms with Crippen molar-refractivity contribution in [3.8, 4) is 5.88 Å². The number of nitrogens with zero attached hydrogens (tertiary/aromatic N) is 2. The molecule has 0 saturated heterocycles. The summed E-state index contributed by atoms with van der Waals surface area (Å²) in [5, 5.41) is 10.00. The number of nitrogens with one attached hydrogen (secondary N) is 1. The number of methoxy groups -OCH3 is 1. The predicted octanol–water partition coefficient (Wildman–Crippen LogP) is 0.484. The first-order chi connectivity index (χ1) is 5.24. The summed E-state index contributed by atoms with van der Waals surface area (Å²) >= 11 is 0. The van der Waals surface area contributed by atoms with Crippen molar-refractivity contribution in [2.75, 3.05) is 7.11 Å². The van der Waals surface area contributed by atoms with E-state index in [0.717, 1.165) is 5.69 Å². The molecule has 1 unspecified atom stereocenters. The molecule has 62 valence electrons. The Morgan fingerprint density at radius 1 is 1.45 bits per heavy atom. The van der Waals surface area contributed by atoms with E-state index in [1.54, 1.807) is 21.0 Å². The second kappa shape index (κ2) is 3.34. The quantitative estimate of drug-likeness (QED) is 0.648. The molecule has 11 heavy (non-hydrogen) atoms. The summed E-state index contributed by atoms with van der Waals surface area (Å²) < 4.78 is 10.1. The Bertz CT molecular complexity index is 223. The van der Waals surface area contributed by atoms with Gasteiger partial charge >= 0.3 is 0 Å². The van der Waals surface area contributed by atoms with Crippen molar-refractivity contribution in [3.05, 3.63) is 5.69 Å². The van der Waals surface area contributed by atoms with Gasteiger partial charge in [0.15, 0.2) is 6.29 Å². The van der Waals surface area contributed by atoms with Gasteiger partial charge in [0.25, 0.3) is 5.88 Å². The van der Waals surface area contributed by atoms with Gasteiger partial charge in [-0.3, -0.25) is 0 Å². The lowest BCUT2D eigenvalue weighted by atomic mass is 10.5. The number of aryl methyl sites for hydroxylation is 1. The minimum atomic E-state index is -0.293. The Morgan fingerprint density at radius 3 is 2.64 bits per heavy atom. The van der Waals surface area contributed by atoms with Crippen LogP contribution in [0.4, 0.5) is 0 Å². The van der Waals surface area contributed by atoms with E-state index in [9.17, 15) is 0 Å². The third-order valence-electron chi connectivity index (χ3n) is 1.29. The Balaban J connectivity index is 2.56. The van der Waals surface area contributed by atoms with Crippen molar-refractivity contribution in [2.24, 2.45) is 0 Å². The van der Waals surface area contributed by atoms with Crippen LogP contribution in [0.2, 0.25) is 0 Å². The molecule has 0 aliphatic rings. The average molecular weight is 157 g/mol. The van der Waals surface area contributed by atoms with E-state index in [1.807, 2.05) is 0 Å². The Morgan fingerprint density at radius 2 is 2.18 bits per heavy atom. The molecule has 1 aromatic heterocycles. The molecule has 0 aromatic carbocycles. The molecule has 0 aliphatic heterocycles. The van der Waals surface area contributed by atoms with Crippen molar-refractivity contribution in [1.82, 2.24) is 15.4 Å². The molecule has 1 heterocycles. The van der Waals surface area contributed by atoms with Crippen LogP contribution in [0, 0.1) is 6.92 Å². The topological polar surface area (TPSA) is 60.0 Å². The van der Waals surface area contributed by atoms with Crippen LogP contribution < -0.4 is 4.74 Å². The fourth-order valence-electron chi connectivity index (χ4n) is 0.591. The molecule has 1 rings (SSSR count). The van der Waals surface area contributed by atoms with Gasteiger partial charge in [-0.15, -0.1) is 5.10 Å². The van der Waals surface area contributed by atoms with Crippen LogP contribution >= 0.6 is 0 Å². The molecule has 5 heteroatoms. The summed E-state index contributed by atoms with van der Waals surface area (Å²) in [6.07, 6.45) is -0.293. The monoisotopic (exact) mass is 157 g/mol. The van der Waals surface area contributed by atoms with Crippen LogP contribution in [0.1, 0.15) is 12.6 Å². The van der Waals surface area contributed by atoms with Gasteiger partial charge in [0.2, 0.25) is 0 Å². The van der Waals surface area contributed by atoms with Gasteiger partial charge in [0.1, 0.15) is 5.69 Å². The van der Waals surface area contributed by atoms with Crippen molar-refractivity contribution < 1.29 is 9.47 Å². The van der Waals surface area contributed by atoms with Crippen LogP contribution in [-0.4, -0.2) is 28.8 Å². The van der Waals surface area contributed by atoms with Gasteiger partial charge in [-0.25, -0.2) is 0 Å². The van der Waals surface area contributed by atoms with Gasteiger partial charge in [-0.05, 0) is 13.8 Å². The number of aromatic amines is 1. The van der Waals surface area contributed by atoms with Gasteiger partial charge in [-0.2, -0.15) is 10.3 Å². The highest BCUT2D eigenvalue weighted by molar-refractivity contribution is 5.12.